The van der Waals surface area contributed by atoms with Crippen LogP contribution in [0.15, 0.2) is 23.2 Å². The number of benzene rings is 1. The highest BCUT2D eigenvalue weighted by molar-refractivity contribution is 8.13. The number of non-ortho nitro benzene ring substituents is 1. The third-order valence-electron chi connectivity index (χ3n) is 4.16. The first-order chi connectivity index (χ1) is 9.53. The fraction of sp³-hybridized carbons (Fsp3) is 0.462. The average Bonchev–Trinajstić information content (AvgIpc) is 2.82. The minimum absolute atomic E-state index is 0.103. The van der Waals surface area contributed by atoms with Crippen molar-refractivity contribution in [2.45, 2.75) is 24.8 Å². The lowest BCUT2D eigenvalue weighted by Gasteiger charge is -2.35. The summed E-state index contributed by atoms with van der Waals surface area (Å²) in [4.78, 5) is 14.9. The molecule has 3 rings (SSSR count). The molecule has 2 atom stereocenters. The molecular weight excluding hydrogens is 281 g/mol. The van der Waals surface area contributed by atoms with Crippen LogP contribution in [0.2, 0.25) is 0 Å². The molecule has 1 aromatic carbocycles. The van der Waals surface area contributed by atoms with E-state index in [0.29, 0.717) is 17.2 Å². The van der Waals surface area contributed by atoms with Crippen molar-refractivity contribution in [1.29, 1.82) is 0 Å². The summed E-state index contributed by atoms with van der Waals surface area (Å²) in [6.07, 6.45) is 2.58. The highest BCUT2D eigenvalue weighted by Crippen LogP contribution is 2.51. The monoisotopic (exact) mass is 295 g/mol. The van der Waals surface area contributed by atoms with Gasteiger partial charge in [-0.2, -0.15) is 0 Å². The normalized spacial score (nSPS) is 28.9. The molecule has 2 N–H and O–H groups in total. The smallest absolute Gasteiger partial charge is 0.270 e. The van der Waals surface area contributed by atoms with Crippen molar-refractivity contribution < 1.29 is 9.31 Å². The average molecular weight is 295 g/mol. The van der Waals surface area contributed by atoms with Crippen LogP contribution >= 0.6 is 11.8 Å². The van der Waals surface area contributed by atoms with E-state index in [2.05, 4.69) is 4.99 Å². The van der Waals surface area contributed by atoms with Gasteiger partial charge in [0.1, 0.15) is 5.82 Å². The molecule has 1 aliphatic carbocycles. The van der Waals surface area contributed by atoms with Crippen LogP contribution < -0.4 is 5.73 Å². The second-order valence-electron chi connectivity index (χ2n) is 5.20. The molecule has 1 aromatic rings. The predicted octanol–water partition coefficient (Wildman–Crippen LogP) is 2.79. The molecule has 106 valence electrons. The Balaban J connectivity index is 2.17. The van der Waals surface area contributed by atoms with Crippen molar-refractivity contribution in [1.82, 2.24) is 0 Å². The molecule has 0 bridgehead atoms. The topological polar surface area (TPSA) is 81.5 Å². The summed E-state index contributed by atoms with van der Waals surface area (Å²) < 4.78 is 14.2. The zero-order chi connectivity index (χ0) is 14.3. The van der Waals surface area contributed by atoms with Crippen LogP contribution in [0, 0.1) is 21.8 Å². The van der Waals surface area contributed by atoms with Gasteiger partial charge in [-0.3, -0.25) is 15.1 Å². The molecule has 1 aliphatic heterocycles. The molecule has 2 unspecified atom stereocenters. The number of halogens is 1. The number of rotatable bonds is 2. The number of fused-ring (bicyclic) bond motifs is 1. The summed E-state index contributed by atoms with van der Waals surface area (Å²) in [5, 5.41) is 11.4. The van der Waals surface area contributed by atoms with E-state index in [4.69, 9.17) is 5.73 Å². The minimum atomic E-state index is -0.717. The molecule has 1 heterocycles. The zero-order valence-corrected chi connectivity index (χ0v) is 11.5. The van der Waals surface area contributed by atoms with Gasteiger partial charge < -0.3 is 5.73 Å². The maximum Gasteiger partial charge on any atom is 0.270 e. The molecular formula is C13H14FN3O2S. The SMILES string of the molecule is NC1=NC2(c3cc([N+](=O)[O-])ccc3F)CCCC2CS1. The molecule has 1 fully saturated rings. The summed E-state index contributed by atoms with van der Waals surface area (Å²) in [5.74, 6) is 0.541. The lowest BCUT2D eigenvalue weighted by Crippen LogP contribution is -2.37. The first-order valence-electron chi connectivity index (χ1n) is 6.45. The molecule has 0 radical (unpaired) electrons. The summed E-state index contributed by atoms with van der Waals surface area (Å²) in [6.45, 7) is 0. The largest absolute Gasteiger partial charge is 0.379 e. The Labute approximate surface area is 119 Å². The standard InChI is InChI=1S/C13H14FN3O2S/c14-11-4-3-9(17(18)19)6-10(11)13-5-1-2-8(13)7-20-12(15)16-13/h3-4,6,8H,1-2,5,7H2,(H2,15,16). The molecule has 0 spiro atoms. The molecule has 2 aliphatic rings. The van der Waals surface area contributed by atoms with Crippen LogP contribution in [-0.4, -0.2) is 15.8 Å². The highest BCUT2D eigenvalue weighted by atomic mass is 32.2. The van der Waals surface area contributed by atoms with Gasteiger partial charge in [0.05, 0.1) is 10.5 Å². The van der Waals surface area contributed by atoms with Crippen LogP contribution in [-0.2, 0) is 5.54 Å². The van der Waals surface area contributed by atoms with Gasteiger partial charge in [0.15, 0.2) is 5.17 Å². The van der Waals surface area contributed by atoms with Gasteiger partial charge >= 0.3 is 0 Å². The van der Waals surface area contributed by atoms with E-state index >= 15 is 0 Å². The van der Waals surface area contributed by atoms with E-state index in [9.17, 15) is 14.5 Å². The van der Waals surface area contributed by atoms with Crippen LogP contribution in [0.4, 0.5) is 10.1 Å². The van der Waals surface area contributed by atoms with Crippen LogP contribution in [0.5, 0.6) is 0 Å². The van der Waals surface area contributed by atoms with E-state index in [1.54, 1.807) is 0 Å². The number of aliphatic imine (C=N–C) groups is 1. The van der Waals surface area contributed by atoms with Gasteiger partial charge in [0, 0.05) is 23.4 Å². The number of nitrogens with zero attached hydrogens (tertiary/aromatic N) is 2. The molecule has 20 heavy (non-hydrogen) atoms. The van der Waals surface area contributed by atoms with Gasteiger partial charge in [0.25, 0.3) is 5.69 Å². The van der Waals surface area contributed by atoms with Crippen molar-refractivity contribution in [3.63, 3.8) is 0 Å². The number of hydrogen-bond acceptors (Lipinski definition) is 5. The first kappa shape index (κ1) is 13.4. The fourth-order valence-corrected chi connectivity index (χ4v) is 4.26. The Hall–Kier alpha value is -1.63. The van der Waals surface area contributed by atoms with Crippen LogP contribution in [0.1, 0.15) is 24.8 Å². The Morgan fingerprint density at radius 1 is 1.55 bits per heavy atom. The third-order valence-corrected chi connectivity index (χ3v) is 5.11. The molecule has 7 heteroatoms. The zero-order valence-electron chi connectivity index (χ0n) is 10.7. The predicted molar refractivity (Wildman–Crippen MR) is 76.2 cm³/mol. The highest BCUT2D eigenvalue weighted by Gasteiger charge is 2.48. The molecule has 0 saturated heterocycles. The number of nitrogens with two attached hydrogens (primary N) is 1. The Morgan fingerprint density at radius 2 is 2.35 bits per heavy atom. The van der Waals surface area contributed by atoms with E-state index < -0.39 is 16.3 Å². The van der Waals surface area contributed by atoms with Crippen molar-refractivity contribution in [2.75, 3.05) is 5.75 Å². The van der Waals surface area contributed by atoms with E-state index in [1.165, 1.54) is 23.9 Å². The summed E-state index contributed by atoms with van der Waals surface area (Å²) >= 11 is 1.48. The lowest BCUT2D eigenvalue weighted by atomic mass is 9.81. The van der Waals surface area contributed by atoms with Gasteiger partial charge in [-0.15, -0.1) is 0 Å². The first-order valence-corrected chi connectivity index (χ1v) is 7.44. The van der Waals surface area contributed by atoms with Gasteiger partial charge in [-0.25, -0.2) is 4.39 Å². The Kier molecular flexibility index (Phi) is 3.16. The molecule has 5 nitrogen and oxygen atoms in total. The Bertz CT molecular complexity index is 607. The maximum atomic E-state index is 14.2. The number of thioether (sulfide) groups is 1. The molecule has 1 saturated carbocycles. The summed E-state index contributed by atoms with van der Waals surface area (Å²) in [6, 6.07) is 3.66. The van der Waals surface area contributed by atoms with Crippen molar-refractivity contribution in [3.05, 3.63) is 39.7 Å². The number of hydrogen-bond donors (Lipinski definition) is 1. The number of nitro groups is 1. The third kappa shape index (κ3) is 1.96. The summed E-state index contributed by atoms with van der Waals surface area (Å²) in [7, 11) is 0. The molecule has 0 aromatic heterocycles. The minimum Gasteiger partial charge on any atom is -0.379 e. The van der Waals surface area contributed by atoms with Crippen molar-refractivity contribution in [3.8, 4) is 0 Å². The van der Waals surface area contributed by atoms with Gasteiger partial charge in [-0.1, -0.05) is 18.2 Å². The van der Waals surface area contributed by atoms with E-state index in [0.717, 1.165) is 24.7 Å². The fourth-order valence-electron chi connectivity index (χ4n) is 3.22. The van der Waals surface area contributed by atoms with Gasteiger partial charge in [-0.05, 0) is 24.8 Å². The number of amidine groups is 1. The Morgan fingerprint density at radius 3 is 3.10 bits per heavy atom. The van der Waals surface area contributed by atoms with Crippen LogP contribution in [0.25, 0.3) is 0 Å². The van der Waals surface area contributed by atoms with Crippen molar-refractivity contribution >= 4 is 22.6 Å². The maximum absolute atomic E-state index is 14.2. The molecule has 0 amide bonds. The number of nitro benzene ring substituents is 1. The van der Waals surface area contributed by atoms with Gasteiger partial charge in [0.2, 0.25) is 0 Å². The second kappa shape index (κ2) is 4.73. The quantitative estimate of drug-likeness (QED) is 0.672. The van der Waals surface area contributed by atoms with E-state index in [-0.39, 0.29) is 11.6 Å². The second-order valence-corrected chi connectivity index (χ2v) is 6.24. The lowest BCUT2D eigenvalue weighted by molar-refractivity contribution is -0.385. The summed E-state index contributed by atoms with van der Waals surface area (Å²) in [5.41, 5.74) is 5.31. The van der Waals surface area contributed by atoms with Crippen LogP contribution in [0.3, 0.4) is 0 Å². The van der Waals surface area contributed by atoms with Crippen molar-refractivity contribution in [2.24, 2.45) is 16.6 Å². The van der Waals surface area contributed by atoms with E-state index in [1.807, 2.05) is 0 Å².